The first-order chi connectivity index (χ1) is 8.81. The first-order valence-electron chi connectivity index (χ1n) is 5.36. The summed E-state index contributed by atoms with van der Waals surface area (Å²) in [6, 6.07) is 0. The number of ether oxygens (including phenoxy) is 2. The van der Waals surface area contributed by atoms with Gasteiger partial charge in [0.25, 0.3) is 0 Å². The monoisotopic (exact) mass is 290 g/mol. The molecule has 0 bridgehead atoms. The molecule has 0 aromatic carbocycles. The van der Waals surface area contributed by atoms with Gasteiger partial charge in [-0.2, -0.15) is 8.42 Å². The first-order valence-corrected chi connectivity index (χ1v) is 6.76. The summed E-state index contributed by atoms with van der Waals surface area (Å²) in [5, 5.41) is 0. The van der Waals surface area contributed by atoms with Gasteiger partial charge in [-0.1, -0.05) is 0 Å². The quantitative estimate of drug-likeness (QED) is 0.654. The molecular weight excluding hydrogens is 276 g/mol. The lowest BCUT2D eigenvalue weighted by Crippen LogP contribution is -2.35. The highest BCUT2D eigenvalue weighted by atomic mass is 32.2. The van der Waals surface area contributed by atoms with E-state index in [1.54, 1.807) is 6.92 Å². The maximum atomic E-state index is 11.7. The second kappa shape index (κ2) is 5.83. The van der Waals surface area contributed by atoms with Crippen LogP contribution in [-0.4, -0.2) is 50.6 Å². The highest BCUT2D eigenvalue weighted by Gasteiger charge is 2.30. The van der Waals surface area contributed by atoms with Gasteiger partial charge in [-0.05, 0) is 13.8 Å². The molecule has 0 saturated heterocycles. The predicted octanol–water partition coefficient (Wildman–Crippen LogP) is -0.372. The third-order valence-corrected chi connectivity index (χ3v) is 3.55. The van der Waals surface area contributed by atoms with Crippen molar-refractivity contribution in [2.45, 2.75) is 13.8 Å². The van der Waals surface area contributed by atoms with Gasteiger partial charge < -0.3 is 9.47 Å². The minimum absolute atomic E-state index is 0.0134. The van der Waals surface area contributed by atoms with Crippen LogP contribution in [0.2, 0.25) is 0 Å². The summed E-state index contributed by atoms with van der Waals surface area (Å²) in [4.78, 5) is 22.7. The Morgan fingerprint density at radius 3 is 2.58 bits per heavy atom. The van der Waals surface area contributed by atoms with E-state index >= 15 is 0 Å². The molecule has 0 aromatic rings. The van der Waals surface area contributed by atoms with Gasteiger partial charge in [-0.3, -0.25) is 4.79 Å². The summed E-state index contributed by atoms with van der Waals surface area (Å²) in [5.41, 5.74) is 0.000133. The van der Waals surface area contributed by atoms with Gasteiger partial charge in [-0.25, -0.2) is 9.10 Å². The van der Waals surface area contributed by atoms with E-state index < -0.39 is 28.7 Å². The van der Waals surface area contributed by atoms with Crippen molar-refractivity contribution >= 4 is 27.9 Å². The van der Waals surface area contributed by atoms with Crippen molar-refractivity contribution in [2.24, 2.45) is 4.40 Å². The number of nitrogens with zero attached hydrogens (tertiary/aromatic N) is 2. The molecule has 0 saturated carbocycles. The molecule has 0 unspecified atom stereocenters. The third kappa shape index (κ3) is 3.53. The molecule has 0 aromatic heterocycles. The topological polar surface area (TPSA) is 102 Å². The number of esters is 2. The van der Waals surface area contributed by atoms with Gasteiger partial charge >= 0.3 is 22.1 Å². The fraction of sp³-hybridized carbons (Fsp3) is 0.500. The zero-order chi connectivity index (χ0) is 14.6. The zero-order valence-electron chi connectivity index (χ0n) is 10.7. The molecule has 106 valence electrons. The van der Waals surface area contributed by atoms with Gasteiger partial charge in [0.1, 0.15) is 6.54 Å². The van der Waals surface area contributed by atoms with Crippen molar-refractivity contribution in [3.8, 4) is 0 Å². The Balaban J connectivity index is 3.09. The summed E-state index contributed by atoms with van der Waals surface area (Å²) >= 11 is 0. The Morgan fingerprint density at radius 2 is 2.05 bits per heavy atom. The van der Waals surface area contributed by atoms with Crippen LogP contribution in [0.15, 0.2) is 16.2 Å². The van der Waals surface area contributed by atoms with Crippen LogP contribution >= 0.6 is 0 Å². The largest absolute Gasteiger partial charge is 0.468 e. The molecule has 19 heavy (non-hydrogen) atoms. The molecule has 0 amide bonds. The smallest absolute Gasteiger partial charge is 0.345 e. The molecule has 0 radical (unpaired) electrons. The number of methoxy groups -OCH3 is 1. The third-order valence-electron chi connectivity index (χ3n) is 2.22. The summed E-state index contributed by atoms with van der Waals surface area (Å²) in [6.45, 7) is 2.58. The van der Waals surface area contributed by atoms with Crippen LogP contribution in [0, 0.1) is 0 Å². The molecule has 0 atom stereocenters. The van der Waals surface area contributed by atoms with Gasteiger partial charge in [0.2, 0.25) is 0 Å². The van der Waals surface area contributed by atoms with E-state index in [0.717, 1.165) is 13.3 Å². The fourth-order valence-electron chi connectivity index (χ4n) is 1.31. The number of carbonyl (C=O) groups excluding carboxylic acids is 2. The van der Waals surface area contributed by atoms with E-state index in [1.165, 1.54) is 6.92 Å². The maximum Gasteiger partial charge on any atom is 0.345 e. The maximum absolute atomic E-state index is 11.7. The van der Waals surface area contributed by atoms with Crippen molar-refractivity contribution in [3.63, 3.8) is 0 Å². The highest BCUT2D eigenvalue weighted by molar-refractivity contribution is 7.88. The molecule has 1 aliphatic rings. The summed E-state index contributed by atoms with van der Waals surface area (Å²) in [6.07, 6.45) is 1.02. The van der Waals surface area contributed by atoms with Gasteiger partial charge in [0, 0.05) is 6.20 Å². The van der Waals surface area contributed by atoms with Crippen molar-refractivity contribution < 1.29 is 27.5 Å². The molecule has 9 heteroatoms. The van der Waals surface area contributed by atoms with E-state index in [1.807, 2.05) is 0 Å². The van der Waals surface area contributed by atoms with E-state index in [0.29, 0.717) is 4.31 Å². The molecular formula is C10H14N2O6S. The minimum Gasteiger partial charge on any atom is -0.468 e. The van der Waals surface area contributed by atoms with Crippen molar-refractivity contribution in [1.82, 2.24) is 4.31 Å². The van der Waals surface area contributed by atoms with Crippen molar-refractivity contribution in [3.05, 3.63) is 11.8 Å². The van der Waals surface area contributed by atoms with E-state index in [-0.39, 0.29) is 17.9 Å². The zero-order valence-corrected chi connectivity index (χ0v) is 11.6. The number of hydrogen-bond donors (Lipinski definition) is 0. The standard InChI is InChI=1S/C10H14N2O6S/c1-4-18-10(14)8-5-12(6-9(13)17-3)19(15,16)11-7(8)2/h5H,4,6H2,1-3H3. The number of rotatable bonds is 4. The van der Waals surface area contributed by atoms with Crippen LogP contribution in [0.1, 0.15) is 13.8 Å². The predicted molar refractivity (Wildman–Crippen MR) is 65.5 cm³/mol. The lowest BCUT2D eigenvalue weighted by atomic mass is 10.2. The molecule has 0 fully saturated rings. The summed E-state index contributed by atoms with van der Waals surface area (Å²) in [7, 11) is -2.89. The lowest BCUT2D eigenvalue weighted by molar-refractivity contribution is -0.141. The van der Waals surface area contributed by atoms with Crippen LogP contribution in [0.3, 0.4) is 0 Å². The Kier molecular flexibility index (Phi) is 4.65. The van der Waals surface area contributed by atoms with E-state index in [2.05, 4.69) is 9.13 Å². The summed E-state index contributed by atoms with van der Waals surface area (Å²) in [5.74, 6) is -1.47. The van der Waals surface area contributed by atoms with Gasteiger partial charge in [-0.15, -0.1) is 4.40 Å². The molecule has 1 heterocycles. The average molecular weight is 290 g/mol. The van der Waals surface area contributed by atoms with Crippen LogP contribution in [-0.2, 0) is 29.3 Å². The molecule has 0 spiro atoms. The Labute approximate surface area is 110 Å². The highest BCUT2D eigenvalue weighted by Crippen LogP contribution is 2.17. The fourth-order valence-corrected chi connectivity index (χ4v) is 2.36. The molecule has 8 nitrogen and oxygen atoms in total. The summed E-state index contributed by atoms with van der Waals surface area (Å²) < 4.78 is 36.6. The second-order valence-electron chi connectivity index (χ2n) is 3.54. The van der Waals surface area contributed by atoms with Crippen LogP contribution in [0.25, 0.3) is 0 Å². The first kappa shape index (κ1) is 15.2. The number of hydrogen-bond acceptors (Lipinski definition) is 6. The van der Waals surface area contributed by atoms with Crippen LogP contribution < -0.4 is 0 Å². The van der Waals surface area contributed by atoms with Crippen molar-refractivity contribution in [2.75, 3.05) is 20.3 Å². The molecule has 0 N–H and O–H groups in total. The average Bonchev–Trinajstić information content (AvgIpc) is 2.31. The van der Waals surface area contributed by atoms with E-state index in [9.17, 15) is 18.0 Å². The SMILES string of the molecule is CCOC(=O)C1=CN(CC(=O)OC)S(=O)(=O)N=C1C. The van der Waals surface area contributed by atoms with Crippen molar-refractivity contribution in [1.29, 1.82) is 0 Å². The normalized spacial score (nSPS) is 17.3. The van der Waals surface area contributed by atoms with Gasteiger partial charge in [0.15, 0.2) is 0 Å². The molecule has 1 rings (SSSR count). The minimum atomic E-state index is -4.02. The Bertz CT molecular complexity index is 548. The van der Waals surface area contributed by atoms with Crippen LogP contribution in [0.4, 0.5) is 0 Å². The molecule has 0 aliphatic carbocycles. The Hall–Kier alpha value is -1.90. The van der Waals surface area contributed by atoms with Crippen LogP contribution in [0.5, 0.6) is 0 Å². The Morgan fingerprint density at radius 1 is 1.42 bits per heavy atom. The number of carbonyl (C=O) groups is 2. The second-order valence-corrected chi connectivity index (χ2v) is 5.09. The van der Waals surface area contributed by atoms with Gasteiger partial charge in [0.05, 0.1) is 25.0 Å². The lowest BCUT2D eigenvalue weighted by Gasteiger charge is -2.22. The molecule has 1 aliphatic heterocycles. The van der Waals surface area contributed by atoms with E-state index in [4.69, 9.17) is 4.74 Å².